The summed E-state index contributed by atoms with van der Waals surface area (Å²) in [5, 5.41) is 14.6. The third-order valence-corrected chi connectivity index (χ3v) is 10.7. The highest BCUT2D eigenvalue weighted by Crippen LogP contribution is 2.43. The molecule has 3 aromatic carbocycles. The Morgan fingerprint density at radius 1 is 0.935 bits per heavy atom. The number of nitro groups is 1. The average molecular weight is 670 g/mol. The standard InChI is InChI=1S/C32H23N5O6S3/c38-27-22(30(41)36(31(44)34-27)18-6-2-1-3-7-18)14-17-10-13-25(24(15-17)37(42)43)45-32-33-23-12-11-19(16-26(23)46-32)35-28(39)20-8-4-5-9-21(20)29(35)40/h1-3,6-7,10-16,20-21H,4-5,8-9H2,(H,34,38,44)/b22-14+/t20-,21-/m1/s1. The molecule has 4 aromatic rings. The molecule has 1 aromatic heterocycles. The summed E-state index contributed by atoms with van der Waals surface area (Å²) < 4.78 is 1.27. The second-order valence-electron chi connectivity index (χ2n) is 11.0. The van der Waals surface area contributed by atoms with Gasteiger partial charge in [0.15, 0.2) is 9.45 Å². The maximum atomic E-state index is 13.3. The molecular formula is C32H23N5O6S3. The van der Waals surface area contributed by atoms with Crippen molar-refractivity contribution in [2.75, 3.05) is 9.80 Å². The number of anilines is 2. The number of thiazole rings is 1. The van der Waals surface area contributed by atoms with Crippen molar-refractivity contribution in [3.05, 3.63) is 88.0 Å². The van der Waals surface area contributed by atoms with Crippen LogP contribution in [-0.4, -0.2) is 38.6 Å². The van der Waals surface area contributed by atoms with Gasteiger partial charge in [0.05, 0.1) is 43.2 Å². The van der Waals surface area contributed by atoms with Crippen molar-refractivity contribution >= 4 is 97.4 Å². The maximum Gasteiger partial charge on any atom is 0.283 e. The van der Waals surface area contributed by atoms with Crippen LogP contribution in [0.4, 0.5) is 17.1 Å². The number of nitro benzene ring substituents is 1. The summed E-state index contributed by atoms with van der Waals surface area (Å²) in [6, 6.07) is 18.2. The number of aromatic nitrogens is 1. The largest absolute Gasteiger partial charge is 0.298 e. The number of thiocarbonyl (C=S) groups is 1. The van der Waals surface area contributed by atoms with Crippen LogP contribution in [-0.2, 0) is 19.2 Å². The number of hydrogen-bond donors (Lipinski definition) is 1. The molecular weight excluding hydrogens is 647 g/mol. The Bertz CT molecular complexity index is 2000. The molecule has 0 unspecified atom stereocenters. The molecule has 11 nitrogen and oxygen atoms in total. The van der Waals surface area contributed by atoms with Crippen molar-refractivity contribution < 1.29 is 24.1 Å². The Morgan fingerprint density at radius 3 is 2.35 bits per heavy atom. The first-order valence-corrected chi connectivity index (χ1v) is 16.4. The van der Waals surface area contributed by atoms with Gasteiger partial charge in [-0.3, -0.25) is 44.4 Å². The van der Waals surface area contributed by atoms with E-state index in [4.69, 9.17) is 12.2 Å². The van der Waals surface area contributed by atoms with Crippen LogP contribution in [0.5, 0.6) is 0 Å². The van der Waals surface area contributed by atoms with Crippen LogP contribution in [0.2, 0.25) is 0 Å². The van der Waals surface area contributed by atoms with Gasteiger partial charge in [0, 0.05) is 6.07 Å². The van der Waals surface area contributed by atoms with Gasteiger partial charge in [-0.15, -0.1) is 11.3 Å². The summed E-state index contributed by atoms with van der Waals surface area (Å²) in [4.78, 5) is 71.2. The van der Waals surface area contributed by atoms with Crippen LogP contribution in [0.15, 0.2) is 81.5 Å². The highest BCUT2D eigenvalue weighted by molar-refractivity contribution is 8.01. The number of rotatable bonds is 6. The monoisotopic (exact) mass is 669 g/mol. The molecule has 3 aliphatic rings. The predicted molar refractivity (Wildman–Crippen MR) is 177 cm³/mol. The minimum Gasteiger partial charge on any atom is -0.298 e. The van der Waals surface area contributed by atoms with Crippen molar-refractivity contribution in [3.8, 4) is 0 Å². The van der Waals surface area contributed by atoms with Crippen LogP contribution in [0.3, 0.4) is 0 Å². The number of benzene rings is 3. The van der Waals surface area contributed by atoms with E-state index >= 15 is 0 Å². The van der Waals surface area contributed by atoms with Gasteiger partial charge in [-0.2, -0.15) is 0 Å². The van der Waals surface area contributed by atoms with E-state index in [0.717, 1.165) is 42.1 Å². The lowest BCUT2D eigenvalue weighted by Crippen LogP contribution is -2.54. The van der Waals surface area contributed by atoms with Crippen molar-refractivity contribution in [3.63, 3.8) is 0 Å². The molecule has 3 heterocycles. The molecule has 0 radical (unpaired) electrons. The lowest BCUT2D eigenvalue weighted by Gasteiger charge is -2.28. The number of imide groups is 1. The topological polar surface area (TPSA) is 143 Å². The van der Waals surface area contributed by atoms with E-state index < -0.39 is 16.7 Å². The van der Waals surface area contributed by atoms with E-state index in [-0.39, 0.29) is 45.6 Å². The minimum atomic E-state index is -0.701. The molecule has 2 saturated heterocycles. The summed E-state index contributed by atoms with van der Waals surface area (Å²) in [5.74, 6) is -2.16. The molecule has 2 atom stereocenters. The van der Waals surface area contributed by atoms with Gasteiger partial charge in [0.1, 0.15) is 5.57 Å². The Balaban J connectivity index is 1.15. The minimum absolute atomic E-state index is 0.0596. The molecule has 2 aliphatic heterocycles. The fraction of sp³-hybridized carbons (Fsp3) is 0.188. The average Bonchev–Trinajstić information content (AvgIpc) is 3.56. The fourth-order valence-electron chi connectivity index (χ4n) is 6.07. The van der Waals surface area contributed by atoms with E-state index in [1.807, 2.05) is 0 Å². The molecule has 0 bridgehead atoms. The zero-order chi connectivity index (χ0) is 32.1. The van der Waals surface area contributed by atoms with Crippen LogP contribution < -0.4 is 15.1 Å². The number of amides is 4. The number of nitrogens with one attached hydrogen (secondary N) is 1. The van der Waals surface area contributed by atoms with E-state index in [1.165, 1.54) is 33.3 Å². The summed E-state index contributed by atoms with van der Waals surface area (Å²) >= 11 is 7.62. The first kappa shape index (κ1) is 29.9. The molecule has 46 heavy (non-hydrogen) atoms. The number of para-hydroxylation sites is 1. The fourth-order valence-corrected chi connectivity index (χ4v) is 8.50. The van der Waals surface area contributed by atoms with E-state index in [9.17, 15) is 29.3 Å². The van der Waals surface area contributed by atoms with Crippen LogP contribution in [0.25, 0.3) is 16.3 Å². The zero-order valence-electron chi connectivity index (χ0n) is 23.9. The molecule has 1 aliphatic carbocycles. The Labute approximate surface area is 275 Å². The molecule has 4 amide bonds. The van der Waals surface area contributed by atoms with Crippen LogP contribution in [0, 0.1) is 22.0 Å². The Morgan fingerprint density at radius 2 is 1.65 bits per heavy atom. The number of hydrogen-bond acceptors (Lipinski definition) is 10. The van der Waals surface area contributed by atoms with Gasteiger partial charge in [-0.25, -0.2) is 4.98 Å². The quantitative estimate of drug-likeness (QED) is 0.0666. The van der Waals surface area contributed by atoms with E-state index in [1.54, 1.807) is 60.7 Å². The number of carbonyl (C=O) groups is 4. The predicted octanol–water partition coefficient (Wildman–Crippen LogP) is 5.87. The van der Waals surface area contributed by atoms with Crippen molar-refractivity contribution in [2.45, 2.75) is 34.9 Å². The maximum absolute atomic E-state index is 13.3. The number of fused-ring (bicyclic) bond motifs is 2. The van der Waals surface area contributed by atoms with Gasteiger partial charge in [-0.1, -0.05) is 48.9 Å². The Hall–Kier alpha value is -4.79. The van der Waals surface area contributed by atoms with Crippen molar-refractivity contribution in [1.29, 1.82) is 0 Å². The molecule has 1 saturated carbocycles. The second-order valence-corrected chi connectivity index (χ2v) is 13.7. The summed E-state index contributed by atoms with van der Waals surface area (Å²) in [6.07, 6.45) is 4.65. The molecule has 0 spiro atoms. The van der Waals surface area contributed by atoms with E-state index in [2.05, 4.69) is 10.3 Å². The number of nitrogens with zero attached hydrogens (tertiary/aromatic N) is 4. The van der Waals surface area contributed by atoms with Crippen molar-refractivity contribution in [2.24, 2.45) is 11.8 Å². The third kappa shape index (κ3) is 5.27. The zero-order valence-corrected chi connectivity index (χ0v) is 26.3. The first-order valence-electron chi connectivity index (χ1n) is 14.4. The lowest BCUT2D eigenvalue weighted by atomic mass is 9.81. The third-order valence-electron chi connectivity index (χ3n) is 8.26. The van der Waals surface area contributed by atoms with Crippen molar-refractivity contribution in [1.82, 2.24) is 10.3 Å². The highest BCUT2D eigenvalue weighted by atomic mass is 32.2. The van der Waals surface area contributed by atoms with Crippen LogP contribution in [0.1, 0.15) is 31.2 Å². The van der Waals surface area contributed by atoms with Crippen LogP contribution >= 0.6 is 35.3 Å². The van der Waals surface area contributed by atoms with Gasteiger partial charge in [0.2, 0.25) is 11.8 Å². The molecule has 3 fully saturated rings. The molecule has 1 N–H and O–H groups in total. The first-order chi connectivity index (χ1) is 22.2. The normalized spacial score (nSPS) is 20.9. The van der Waals surface area contributed by atoms with Gasteiger partial charge >= 0.3 is 0 Å². The molecule has 230 valence electrons. The summed E-state index contributed by atoms with van der Waals surface area (Å²) in [5.41, 5.74) is 1.45. The lowest BCUT2D eigenvalue weighted by molar-refractivity contribution is -0.387. The second kappa shape index (κ2) is 11.9. The highest BCUT2D eigenvalue weighted by Gasteiger charge is 2.48. The van der Waals surface area contributed by atoms with Gasteiger partial charge in [0.25, 0.3) is 17.5 Å². The molecule has 14 heteroatoms. The van der Waals surface area contributed by atoms with E-state index in [0.29, 0.717) is 26.1 Å². The summed E-state index contributed by atoms with van der Waals surface area (Å²) in [7, 11) is 0. The molecule has 7 rings (SSSR count). The number of carbonyl (C=O) groups excluding carboxylic acids is 4. The van der Waals surface area contributed by atoms with Gasteiger partial charge < -0.3 is 0 Å². The Kier molecular flexibility index (Phi) is 7.71. The van der Waals surface area contributed by atoms with Gasteiger partial charge in [-0.05, 0) is 73.1 Å². The smallest absolute Gasteiger partial charge is 0.283 e. The SMILES string of the molecule is O=C1NC(=S)N(c2ccccc2)C(=O)/C1=C/c1ccc(Sc2nc3ccc(N4C(=O)[C@@H]5CCCC[C@H]5C4=O)cc3s2)c([N+](=O)[O-])c1. The summed E-state index contributed by atoms with van der Waals surface area (Å²) in [6.45, 7) is 0.